The molecule has 2 rings (SSSR count). The van der Waals surface area contributed by atoms with Crippen LogP contribution in [-0.4, -0.2) is 24.7 Å². The van der Waals surface area contributed by atoms with Crippen molar-refractivity contribution in [3.63, 3.8) is 0 Å². The minimum atomic E-state index is -3.57. The number of hydrogen-bond acceptors (Lipinski definition) is 4. The molecule has 0 bridgehead atoms. The number of benzene rings is 1. The number of aromatic nitrogens is 2. The van der Waals surface area contributed by atoms with Crippen molar-refractivity contribution in [2.24, 2.45) is 7.05 Å². The molecule has 0 fully saturated rings. The zero-order valence-electron chi connectivity index (χ0n) is 12.4. The first-order chi connectivity index (χ1) is 9.95. The molecule has 6 nitrogen and oxygen atoms in total. The summed E-state index contributed by atoms with van der Waals surface area (Å²) in [6, 6.07) is 6.87. The lowest BCUT2D eigenvalue weighted by Gasteiger charge is -2.12. The molecule has 1 heterocycles. The van der Waals surface area contributed by atoms with Crippen LogP contribution >= 0.6 is 0 Å². The molecule has 7 heteroatoms. The summed E-state index contributed by atoms with van der Waals surface area (Å²) >= 11 is 0. The molecule has 0 spiro atoms. The molecule has 21 heavy (non-hydrogen) atoms. The van der Waals surface area contributed by atoms with Crippen molar-refractivity contribution in [1.29, 1.82) is 0 Å². The number of nitrogens with zero attached hydrogens (tertiary/aromatic N) is 2. The molecular formula is C14H20N4O2S. The van der Waals surface area contributed by atoms with Gasteiger partial charge in [-0.15, -0.1) is 0 Å². The molecule has 0 saturated heterocycles. The van der Waals surface area contributed by atoms with E-state index in [9.17, 15) is 8.42 Å². The Kier molecular flexibility index (Phi) is 4.64. The highest BCUT2D eigenvalue weighted by Gasteiger charge is 2.18. The Morgan fingerprint density at radius 1 is 1.29 bits per heavy atom. The summed E-state index contributed by atoms with van der Waals surface area (Å²) in [4.78, 5) is 0.258. The molecular weight excluding hydrogens is 288 g/mol. The Bertz CT molecular complexity index is 722. The van der Waals surface area contributed by atoms with Crippen LogP contribution in [0.15, 0.2) is 35.4 Å². The first kappa shape index (κ1) is 15.5. The average molecular weight is 308 g/mol. The number of sulfonamides is 1. The predicted octanol–water partition coefficient (Wildman–Crippen LogP) is 1.64. The quantitative estimate of drug-likeness (QED) is 0.850. The fourth-order valence-corrected chi connectivity index (χ4v) is 3.19. The average Bonchev–Trinajstić information content (AvgIpc) is 2.78. The summed E-state index contributed by atoms with van der Waals surface area (Å²) in [5.41, 5.74) is 2.41. The van der Waals surface area contributed by atoms with E-state index in [4.69, 9.17) is 0 Å². The highest BCUT2D eigenvalue weighted by atomic mass is 32.2. The van der Waals surface area contributed by atoms with Gasteiger partial charge in [0.1, 0.15) is 4.90 Å². The lowest BCUT2D eigenvalue weighted by molar-refractivity contribution is 0.581. The molecule has 0 radical (unpaired) electrons. The summed E-state index contributed by atoms with van der Waals surface area (Å²) in [5.74, 6) is 0. The second kappa shape index (κ2) is 6.28. The van der Waals surface area contributed by atoms with Gasteiger partial charge >= 0.3 is 0 Å². The number of hydrogen-bond donors (Lipinski definition) is 2. The minimum absolute atomic E-state index is 0.225. The maximum atomic E-state index is 12.4. The van der Waals surface area contributed by atoms with Crippen LogP contribution in [0, 0.1) is 6.92 Å². The molecule has 1 aromatic heterocycles. The molecule has 0 aliphatic rings. The molecule has 0 saturated carbocycles. The van der Waals surface area contributed by atoms with E-state index in [0.717, 1.165) is 11.3 Å². The largest absolute Gasteiger partial charge is 0.384 e. The van der Waals surface area contributed by atoms with Gasteiger partial charge in [-0.1, -0.05) is 12.1 Å². The van der Waals surface area contributed by atoms with Crippen LogP contribution in [0.1, 0.15) is 18.2 Å². The molecule has 1 aromatic carbocycles. The molecule has 0 atom stereocenters. The van der Waals surface area contributed by atoms with Gasteiger partial charge in [-0.25, -0.2) is 13.1 Å². The smallest absolute Gasteiger partial charge is 0.242 e. The SMILES string of the molecule is CCNc1ccccc1S(=O)(=O)NCc1cnn(C)c1C. The first-order valence-electron chi connectivity index (χ1n) is 6.75. The Balaban J connectivity index is 2.21. The van der Waals surface area contributed by atoms with Gasteiger partial charge in [-0.05, 0) is 26.0 Å². The molecule has 114 valence electrons. The highest BCUT2D eigenvalue weighted by molar-refractivity contribution is 7.89. The van der Waals surface area contributed by atoms with Gasteiger partial charge in [0.15, 0.2) is 0 Å². The Labute approximate surface area is 125 Å². The van der Waals surface area contributed by atoms with Gasteiger partial charge in [-0.2, -0.15) is 5.10 Å². The van der Waals surface area contributed by atoms with E-state index in [-0.39, 0.29) is 11.4 Å². The van der Waals surface area contributed by atoms with Gasteiger partial charge in [0.05, 0.1) is 11.9 Å². The Morgan fingerprint density at radius 2 is 2.00 bits per heavy atom. The van der Waals surface area contributed by atoms with Crippen molar-refractivity contribution < 1.29 is 8.42 Å². The summed E-state index contributed by atoms with van der Waals surface area (Å²) in [6.07, 6.45) is 1.67. The molecule has 0 amide bonds. The van der Waals surface area contributed by atoms with Crippen LogP contribution in [0.5, 0.6) is 0 Å². The topological polar surface area (TPSA) is 76.0 Å². The summed E-state index contributed by atoms with van der Waals surface area (Å²) in [7, 11) is -1.74. The Hall–Kier alpha value is -1.86. The lowest BCUT2D eigenvalue weighted by Crippen LogP contribution is -2.24. The minimum Gasteiger partial charge on any atom is -0.384 e. The van der Waals surface area contributed by atoms with Crippen LogP contribution in [0.2, 0.25) is 0 Å². The van der Waals surface area contributed by atoms with Crippen molar-refractivity contribution in [2.45, 2.75) is 25.3 Å². The van der Waals surface area contributed by atoms with Crippen molar-refractivity contribution in [3.8, 4) is 0 Å². The highest BCUT2D eigenvalue weighted by Crippen LogP contribution is 2.20. The van der Waals surface area contributed by atoms with Crippen molar-refractivity contribution in [2.75, 3.05) is 11.9 Å². The van der Waals surface area contributed by atoms with Crippen LogP contribution in [0.4, 0.5) is 5.69 Å². The van der Waals surface area contributed by atoms with Crippen LogP contribution in [-0.2, 0) is 23.6 Å². The second-order valence-corrected chi connectivity index (χ2v) is 6.47. The molecule has 0 aliphatic carbocycles. The maximum absolute atomic E-state index is 12.4. The molecule has 0 unspecified atom stereocenters. The monoisotopic (exact) mass is 308 g/mol. The number of para-hydroxylation sites is 1. The standard InChI is InChI=1S/C14H20N4O2S/c1-4-15-13-7-5-6-8-14(13)21(19,20)17-10-12-9-16-18(3)11(12)2/h5-9,15,17H,4,10H2,1-3H3. The second-order valence-electron chi connectivity index (χ2n) is 4.73. The van der Waals surface area contributed by atoms with E-state index in [1.54, 1.807) is 29.1 Å². The van der Waals surface area contributed by atoms with E-state index in [1.807, 2.05) is 27.0 Å². The zero-order chi connectivity index (χ0) is 15.5. The number of anilines is 1. The van der Waals surface area contributed by atoms with E-state index >= 15 is 0 Å². The van der Waals surface area contributed by atoms with E-state index in [0.29, 0.717) is 12.2 Å². The Morgan fingerprint density at radius 3 is 2.62 bits per heavy atom. The third-order valence-corrected chi connectivity index (χ3v) is 4.79. The van der Waals surface area contributed by atoms with Gasteiger partial charge < -0.3 is 5.32 Å². The fourth-order valence-electron chi connectivity index (χ4n) is 2.01. The van der Waals surface area contributed by atoms with Crippen LogP contribution < -0.4 is 10.0 Å². The third kappa shape index (κ3) is 3.43. The van der Waals surface area contributed by atoms with Gasteiger partial charge in [-0.3, -0.25) is 4.68 Å². The van der Waals surface area contributed by atoms with E-state index < -0.39 is 10.0 Å². The third-order valence-electron chi connectivity index (χ3n) is 3.33. The molecule has 2 aromatic rings. The maximum Gasteiger partial charge on any atom is 0.242 e. The number of rotatable bonds is 6. The fraction of sp³-hybridized carbons (Fsp3) is 0.357. The van der Waals surface area contributed by atoms with Gasteiger partial charge in [0.2, 0.25) is 10.0 Å². The van der Waals surface area contributed by atoms with Crippen LogP contribution in [0.3, 0.4) is 0 Å². The van der Waals surface area contributed by atoms with Gasteiger partial charge in [0, 0.05) is 31.4 Å². The normalized spacial score (nSPS) is 11.6. The lowest BCUT2D eigenvalue weighted by atomic mass is 10.3. The predicted molar refractivity (Wildman–Crippen MR) is 82.6 cm³/mol. The zero-order valence-corrected chi connectivity index (χ0v) is 13.2. The van der Waals surface area contributed by atoms with E-state index in [2.05, 4.69) is 15.1 Å². The van der Waals surface area contributed by atoms with Crippen molar-refractivity contribution in [3.05, 3.63) is 41.7 Å². The van der Waals surface area contributed by atoms with E-state index in [1.165, 1.54) is 0 Å². The van der Waals surface area contributed by atoms with Crippen molar-refractivity contribution >= 4 is 15.7 Å². The summed E-state index contributed by atoms with van der Waals surface area (Å²) in [5, 5.41) is 7.17. The summed E-state index contributed by atoms with van der Waals surface area (Å²) in [6.45, 7) is 4.72. The van der Waals surface area contributed by atoms with Crippen LogP contribution in [0.25, 0.3) is 0 Å². The number of nitrogens with one attached hydrogen (secondary N) is 2. The number of aryl methyl sites for hydroxylation is 1. The first-order valence-corrected chi connectivity index (χ1v) is 8.24. The van der Waals surface area contributed by atoms with Crippen molar-refractivity contribution in [1.82, 2.24) is 14.5 Å². The molecule has 0 aliphatic heterocycles. The molecule has 2 N–H and O–H groups in total. The summed E-state index contributed by atoms with van der Waals surface area (Å²) < 4.78 is 29.2. The van der Waals surface area contributed by atoms with Gasteiger partial charge in [0.25, 0.3) is 0 Å².